The first-order chi connectivity index (χ1) is 9.51. The van der Waals surface area contributed by atoms with E-state index in [9.17, 15) is 14.7 Å². The third kappa shape index (κ3) is 2.59. The monoisotopic (exact) mass is 339 g/mol. The van der Waals surface area contributed by atoms with Gasteiger partial charge in [0.25, 0.3) is 5.91 Å². The predicted octanol–water partition coefficient (Wildman–Crippen LogP) is 3.31. The van der Waals surface area contributed by atoms with Crippen LogP contribution < -0.4 is 0 Å². The van der Waals surface area contributed by atoms with Crippen LogP contribution in [0, 0.1) is 0 Å². The fraction of sp³-hybridized carbons (Fsp3) is 0.467. The predicted molar refractivity (Wildman–Crippen MR) is 79.7 cm³/mol. The highest BCUT2D eigenvalue weighted by molar-refractivity contribution is 9.10. The van der Waals surface area contributed by atoms with Gasteiger partial charge in [0.05, 0.1) is 0 Å². The number of carbonyl (C=O) groups excluding carboxylic acids is 1. The zero-order chi connectivity index (χ0) is 14.8. The highest BCUT2D eigenvalue weighted by Gasteiger charge is 2.49. The van der Waals surface area contributed by atoms with Crippen LogP contribution in [0.15, 0.2) is 28.7 Å². The van der Waals surface area contributed by atoms with Crippen molar-refractivity contribution < 1.29 is 14.7 Å². The SMILES string of the molecule is CCCC1(C(=O)O)CCCN1C(=O)c1ccc(Br)cc1. The Kier molecular flexibility index (Phi) is 4.48. The van der Waals surface area contributed by atoms with Crippen molar-refractivity contribution in [3.05, 3.63) is 34.3 Å². The maximum Gasteiger partial charge on any atom is 0.329 e. The topological polar surface area (TPSA) is 57.6 Å². The summed E-state index contributed by atoms with van der Waals surface area (Å²) in [6, 6.07) is 7.05. The molecule has 0 saturated carbocycles. The van der Waals surface area contributed by atoms with Gasteiger partial charge in [-0.05, 0) is 43.5 Å². The van der Waals surface area contributed by atoms with Crippen LogP contribution in [0.5, 0.6) is 0 Å². The van der Waals surface area contributed by atoms with Crippen molar-refractivity contribution in [3.8, 4) is 0 Å². The first-order valence-corrected chi connectivity index (χ1v) is 7.61. The highest BCUT2D eigenvalue weighted by atomic mass is 79.9. The Morgan fingerprint density at radius 2 is 2.00 bits per heavy atom. The van der Waals surface area contributed by atoms with E-state index in [-0.39, 0.29) is 5.91 Å². The van der Waals surface area contributed by atoms with Crippen molar-refractivity contribution in [2.45, 2.75) is 38.1 Å². The number of carboxylic acid groups (broad SMARTS) is 1. The van der Waals surface area contributed by atoms with Crippen molar-refractivity contribution >= 4 is 27.8 Å². The van der Waals surface area contributed by atoms with Crippen molar-refractivity contribution in [2.24, 2.45) is 0 Å². The molecule has 4 nitrogen and oxygen atoms in total. The summed E-state index contributed by atoms with van der Waals surface area (Å²) in [5.74, 6) is -1.08. The van der Waals surface area contributed by atoms with E-state index in [1.54, 1.807) is 29.2 Å². The van der Waals surface area contributed by atoms with Crippen molar-refractivity contribution in [3.63, 3.8) is 0 Å². The number of aliphatic carboxylic acids is 1. The minimum Gasteiger partial charge on any atom is -0.479 e. The molecule has 20 heavy (non-hydrogen) atoms. The minimum atomic E-state index is -1.03. The van der Waals surface area contributed by atoms with E-state index in [4.69, 9.17) is 0 Å². The molecule has 108 valence electrons. The number of carbonyl (C=O) groups is 2. The van der Waals surface area contributed by atoms with E-state index in [0.717, 1.165) is 17.3 Å². The molecule has 1 aliphatic heterocycles. The molecule has 1 aromatic rings. The summed E-state index contributed by atoms with van der Waals surface area (Å²) in [7, 11) is 0. The number of carboxylic acids is 1. The molecule has 1 amide bonds. The second-order valence-electron chi connectivity index (χ2n) is 5.15. The van der Waals surface area contributed by atoms with Gasteiger partial charge in [0.1, 0.15) is 5.54 Å². The van der Waals surface area contributed by atoms with Crippen LogP contribution in [-0.2, 0) is 4.79 Å². The van der Waals surface area contributed by atoms with E-state index in [1.807, 2.05) is 6.92 Å². The number of nitrogens with zero attached hydrogens (tertiary/aromatic N) is 1. The third-order valence-corrected chi connectivity index (χ3v) is 4.42. The van der Waals surface area contributed by atoms with Crippen molar-refractivity contribution in [1.29, 1.82) is 0 Å². The van der Waals surface area contributed by atoms with Gasteiger partial charge in [0, 0.05) is 16.6 Å². The number of hydrogen-bond donors (Lipinski definition) is 1. The van der Waals surface area contributed by atoms with Crippen LogP contribution in [0.3, 0.4) is 0 Å². The minimum absolute atomic E-state index is 0.189. The number of rotatable bonds is 4. The average Bonchev–Trinajstić information content (AvgIpc) is 2.84. The molecule has 1 aliphatic rings. The van der Waals surface area contributed by atoms with Gasteiger partial charge in [-0.2, -0.15) is 0 Å². The Morgan fingerprint density at radius 3 is 2.55 bits per heavy atom. The van der Waals surface area contributed by atoms with Gasteiger partial charge in [0.15, 0.2) is 0 Å². The Bertz CT molecular complexity index is 514. The molecule has 0 radical (unpaired) electrons. The molecule has 1 heterocycles. The van der Waals surface area contributed by atoms with E-state index in [1.165, 1.54) is 0 Å². The molecule has 1 aromatic carbocycles. The number of likely N-dealkylation sites (tertiary alicyclic amines) is 1. The first-order valence-electron chi connectivity index (χ1n) is 6.82. The Morgan fingerprint density at radius 1 is 1.35 bits per heavy atom. The molecule has 0 bridgehead atoms. The van der Waals surface area contributed by atoms with Gasteiger partial charge in [0.2, 0.25) is 0 Å². The molecule has 5 heteroatoms. The summed E-state index contributed by atoms with van der Waals surface area (Å²) in [6.45, 7) is 2.46. The molecule has 0 aliphatic carbocycles. The number of halogens is 1. The lowest BCUT2D eigenvalue weighted by molar-refractivity contribution is -0.148. The Labute approximate surface area is 126 Å². The molecule has 0 spiro atoms. The summed E-state index contributed by atoms with van der Waals surface area (Å²) in [4.78, 5) is 25.9. The maximum atomic E-state index is 12.6. The number of benzene rings is 1. The number of hydrogen-bond acceptors (Lipinski definition) is 2. The summed E-state index contributed by atoms with van der Waals surface area (Å²) < 4.78 is 0.897. The number of amides is 1. The summed E-state index contributed by atoms with van der Waals surface area (Å²) >= 11 is 3.33. The van der Waals surface area contributed by atoms with Crippen LogP contribution in [0.1, 0.15) is 43.0 Å². The fourth-order valence-corrected chi connectivity index (χ4v) is 3.19. The van der Waals surface area contributed by atoms with Crippen LogP contribution >= 0.6 is 15.9 Å². The molecular formula is C15H18BrNO3. The molecular weight excluding hydrogens is 322 g/mol. The van der Waals surface area contributed by atoms with Crippen molar-refractivity contribution in [2.75, 3.05) is 6.54 Å². The van der Waals surface area contributed by atoms with Crippen LogP contribution in [0.4, 0.5) is 0 Å². The fourth-order valence-electron chi connectivity index (χ4n) is 2.93. The summed E-state index contributed by atoms with van der Waals surface area (Å²) in [6.07, 6.45) is 2.54. The maximum absolute atomic E-state index is 12.6. The molecule has 1 N–H and O–H groups in total. The zero-order valence-electron chi connectivity index (χ0n) is 11.4. The van der Waals surface area contributed by atoms with Gasteiger partial charge in [-0.25, -0.2) is 4.79 Å². The van der Waals surface area contributed by atoms with Gasteiger partial charge in [-0.3, -0.25) is 4.79 Å². The largest absolute Gasteiger partial charge is 0.479 e. The van der Waals surface area contributed by atoms with E-state index in [2.05, 4.69) is 15.9 Å². The highest BCUT2D eigenvalue weighted by Crippen LogP contribution is 2.35. The van der Waals surface area contributed by atoms with E-state index >= 15 is 0 Å². The van der Waals surface area contributed by atoms with Gasteiger partial charge >= 0.3 is 5.97 Å². The molecule has 1 saturated heterocycles. The normalized spacial score (nSPS) is 22.0. The van der Waals surface area contributed by atoms with Gasteiger partial charge < -0.3 is 10.0 Å². The Balaban J connectivity index is 2.32. The standard InChI is InChI=1S/C15H18BrNO3/c1-2-8-15(14(19)20)9-3-10-17(15)13(18)11-4-6-12(16)7-5-11/h4-7H,2-3,8-10H2,1H3,(H,19,20). The Hall–Kier alpha value is -1.36. The summed E-state index contributed by atoms with van der Waals surface area (Å²) in [5, 5.41) is 9.60. The lowest BCUT2D eigenvalue weighted by Crippen LogP contribution is -2.53. The molecule has 1 fully saturated rings. The second-order valence-corrected chi connectivity index (χ2v) is 6.07. The zero-order valence-corrected chi connectivity index (χ0v) is 13.0. The molecule has 0 aromatic heterocycles. The second kappa shape index (κ2) is 5.95. The molecule has 1 unspecified atom stereocenters. The lowest BCUT2D eigenvalue weighted by Gasteiger charge is -2.34. The average molecular weight is 340 g/mol. The third-order valence-electron chi connectivity index (χ3n) is 3.89. The first kappa shape index (κ1) is 15.0. The van der Waals surface area contributed by atoms with Crippen LogP contribution in [0.25, 0.3) is 0 Å². The smallest absolute Gasteiger partial charge is 0.329 e. The summed E-state index contributed by atoms with van der Waals surface area (Å²) in [5.41, 5.74) is -0.490. The van der Waals surface area contributed by atoms with Crippen molar-refractivity contribution in [1.82, 2.24) is 4.90 Å². The quantitative estimate of drug-likeness (QED) is 0.915. The lowest BCUT2D eigenvalue weighted by atomic mass is 9.90. The van der Waals surface area contributed by atoms with E-state index < -0.39 is 11.5 Å². The molecule has 1 atom stereocenters. The molecule has 2 rings (SSSR count). The van der Waals surface area contributed by atoms with Gasteiger partial charge in [-0.1, -0.05) is 29.3 Å². The van der Waals surface area contributed by atoms with Crippen LogP contribution in [0.2, 0.25) is 0 Å². The van der Waals surface area contributed by atoms with Gasteiger partial charge in [-0.15, -0.1) is 0 Å². The van der Waals surface area contributed by atoms with Crippen LogP contribution in [-0.4, -0.2) is 34.0 Å². The van der Waals surface area contributed by atoms with E-state index in [0.29, 0.717) is 24.9 Å².